The zero-order valence-electron chi connectivity index (χ0n) is 10.7. The van der Waals surface area contributed by atoms with Gasteiger partial charge in [0.2, 0.25) is 0 Å². The molecule has 1 aromatic heterocycles. The zero-order chi connectivity index (χ0) is 13.7. The molecule has 5 heteroatoms. The predicted octanol–water partition coefficient (Wildman–Crippen LogP) is 3.62. The summed E-state index contributed by atoms with van der Waals surface area (Å²) in [5, 5.41) is 13.1. The Labute approximate surface area is 117 Å². The van der Waals surface area contributed by atoms with Gasteiger partial charge >= 0.3 is 0 Å². The van der Waals surface area contributed by atoms with Crippen LogP contribution in [0.2, 0.25) is 5.02 Å². The molecule has 0 aliphatic rings. The van der Waals surface area contributed by atoms with E-state index in [9.17, 15) is 5.26 Å². The summed E-state index contributed by atoms with van der Waals surface area (Å²) in [5.74, 6) is 0. The van der Waals surface area contributed by atoms with E-state index in [1.165, 1.54) is 0 Å². The van der Waals surface area contributed by atoms with Crippen molar-refractivity contribution < 1.29 is 0 Å². The number of aromatic nitrogens is 2. The molecule has 98 valence electrons. The summed E-state index contributed by atoms with van der Waals surface area (Å²) in [6, 6.07) is 9.17. The van der Waals surface area contributed by atoms with E-state index in [0.29, 0.717) is 5.02 Å². The lowest BCUT2D eigenvalue weighted by molar-refractivity contribution is 0.640. The molecule has 2 rings (SSSR count). The van der Waals surface area contributed by atoms with Crippen molar-refractivity contribution in [3.8, 4) is 6.07 Å². The minimum absolute atomic E-state index is 0.464. The quantitative estimate of drug-likeness (QED) is 0.906. The first kappa shape index (κ1) is 13.4. The van der Waals surface area contributed by atoms with Crippen LogP contribution in [0.1, 0.15) is 25.1 Å². The average Bonchev–Trinajstić information content (AvgIpc) is 2.86. The summed E-state index contributed by atoms with van der Waals surface area (Å²) in [4.78, 5) is 4.11. The van der Waals surface area contributed by atoms with Crippen LogP contribution in [-0.2, 0) is 6.54 Å². The summed E-state index contributed by atoms with van der Waals surface area (Å²) in [6.07, 6.45) is 4.46. The first-order chi connectivity index (χ1) is 9.26. The first-order valence-corrected chi connectivity index (χ1v) is 6.54. The van der Waals surface area contributed by atoms with Gasteiger partial charge in [-0.2, -0.15) is 5.26 Å². The smallest absolute Gasteiger partial charge is 0.156 e. The van der Waals surface area contributed by atoms with Crippen molar-refractivity contribution in [2.45, 2.75) is 25.9 Å². The topological polar surface area (TPSA) is 53.6 Å². The molecule has 1 N–H and O–H groups in total. The van der Waals surface area contributed by atoms with E-state index >= 15 is 0 Å². The Hall–Kier alpha value is -1.99. The lowest BCUT2D eigenvalue weighted by Gasteiger charge is -2.15. The van der Waals surface area contributed by atoms with E-state index in [4.69, 9.17) is 11.6 Å². The predicted molar refractivity (Wildman–Crippen MR) is 75.9 cm³/mol. The highest BCUT2D eigenvalue weighted by Gasteiger charge is 2.16. The van der Waals surface area contributed by atoms with Crippen LogP contribution in [0.3, 0.4) is 0 Å². The van der Waals surface area contributed by atoms with Crippen molar-refractivity contribution in [2.75, 3.05) is 5.32 Å². The van der Waals surface area contributed by atoms with Crippen molar-refractivity contribution in [2.24, 2.45) is 0 Å². The van der Waals surface area contributed by atoms with Gasteiger partial charge in [-0.25, -0.2) is 4.98 Å². The third-order valence-corrected chi connectivity index (χ3v) is 3.14. The number of halogens is 1. The van der Waals surface area contributed by atoms with E-state index in [2.05, 4.69) is 23.3 Å². The molecule has 0 saturated carbocycles. The normalized spacial score (nSPS) is 11.8. The fraction of sp³-hybridized carbons (Fsp3) is 0.286. The summed E-state index contributed by atoms with van der Waals surface area (Å²) >= 11 is 6.09. The van der Waals surface area contributed by atoms with Crippen LogP contribution in [0, 0.1) is 11.3 Å². The van der Waals surface area contributed by atoms with Crippen molar-refractivity contribution >= 4 is 17.3 Å². The summed E-state index contributed by atoms with van der Waals surface area (Å²) in [5.41, 5.74) is 1.60. The Morgan fingerprint density at radius 2 is 2.26 bits per heavy atom. The van der Waals surface area contributed by atoms with Gasteiger partial charge in [-0.05, 0) is 18.6 Å². The Kier molecular flexibility index (Phi) is 4.43. The van der Waals surface area contributed by atoms with Crippen LogP contribution in [-0.4, -0.2) is 9.55 Å². The van der Waals surface area contributed by atoms with E-state index in [1.54, 1.807) is 18.6 Å². The third kappa shape index (κ3) is 3.07. The lowest BCUT2D eigenvalue weighted by Crippen LogP contribution is -2.14. The van der Waals surface area contributed by atoms with E-state index in [1.807, 2.05) is 22.8 Å². The summed E-state index contributed by atoms with van der Waals surface area (Å²) in [7, 11) is 0. The van der Waals surface area contributed by atoms with E-state index in [0.717, 1.165) is 24.3 Å². The molecule has 0 aliphatic heterocycles. The highest BCUT2D eigenvalue weighted by atomic mass is 35.5. The van der Waals surface area contributed by atoms with Gasteiger partial charge in [-0.15, -0.1) is 0 Å². The van der Waals surface area contributed by atoms with Gasteiger partial charge < -0.3 is 9.88 Å². The Balaban J connectivity index is 2.24. The van der Waals surface area contributed by atoms with Gasteiger partial charge in [0.15, 0.2) is 6.04 Å². The Morgan fingerprint density at radius 1 is 1.47 bits per heavy atom. The molecule has 0 bridgehead atoms. The zero-order valence-corrected chi connectivity index (χ0v) is 11.4. The number of nitrogens with one attached hydrogen (secondary N) is 1. The van der Waals surface area contributed by atoms with E-state index in [-0.39, 0.29) is 0 Å². The first-order valence-electron chi connectivity index (χ1n) is 6.17. The molecule has 1 heterocycles. The van der Waals surface area contributed by atoms with Crippen molar-refractivity contribution in [1.29, 1.82) is 5.26 Å². The van der Waals surface area contributed by atoms with Gasteiger partial charge in [0, 0.05) is 6.54 Å². The molecule has 19 heavy (non-hydrogen) atoms. The molecule has 1 unspecified atom stereocenters. The van der Waals surface area contributed by atoms with Crippen LogP contribution >= 0.6 is 11.6 Å². The monoisotopic (exact) mass is 274 g/mol. The van der Waals surface area contributed by atoms with Crippen molar-refractivity contribution in [3.63, 3.8) is 0 Å². The number of hydrogen-bond acceptors (Lipinski definition) is 3. The summed E-state index contributed by atoms with van der Waals surface area (Å²) < 4.78 is 1.98. The van der Waals surface area contributed by atoms with Gasteiger partial charge in [-0.3, -0.25) is 0 Å². The number of imidazole rings is 1. The number of hydrogen-bond donors (Lipinski definition) is 1. The minimum Gasteiger partial charge on any atom is -0.364 e. The maximum Gasteiger partial charge on any atom is 0.156 e. The van der Waals surface area contributed by atoms with Crippen LogP contribution in [0.15, 0.2) is 36.8 Å². The molecular formula is C14H15ClN4. The van der Waals surface area contributed by atoms with Crippen LogP contribution in [0.5, 0.6) is 0 Å². The maximum atomic E-state index is 9.35. The van der Waals surface area contributed by atoms with Crippen molar-refractivity contribution in [3.05, 3.63) is 47.5 Å². The fourth-order valence-corrected chi connectivity index (χ4v) is 2.10. The molecule has 0 aliphatic carbocycles. The molecular weight excluding hydrogens is 260 g/mol. The second-order valence-electron chi connectivity index (χ2n) is 4.20. The number of anilines is 1. The number of benzene rings is 1. The molecule has 2 aromatic rings. The third-order valence-electron chi connectivity index (χ3n) is 2.81. The van der Waals surface area contributed by atoms with Crippen LogP contribution in [0.4, 0.5) is 5.69 Å². The molecule has 1 atom stereocenters. The van der Waals surface area contributed by atoms with Gasteiger partial charge in [-0.1, -0.05) is 30.7 Å². The van der Waals surface area contributed by atoms with Crippen LogP contribution in [0.25, 0.3) is 0 Å². The fourth-order valence-electron chi connectivity index (χ4n) is 1.91. The number of aryl methyl sites for hydroxylation is 1. The largest absolute Gasteiger partial charge is 0.364 e. The van der Waals surface area contributed by atoms with Gasteiger partial charge in [0.25, 0.3) is 0 Å². The summed E-state index contributed by atoms with van der Waals surface area (Å²) in [6.45, 7) is 2.93. The SMILES string of the molecule is CCCn1cncc1C(C#N)Nc1ccccc1Cl. The molecule has 0 saturated heterocycles. The van der Waals surface area contributed by atoms with Gasteiger partial charge in [0.1, 0.15) is 0 Å². The molecule has 0 radical (unpaired) electrons. The highest BCUT2D eigenvalue weighted by Crippen LogP contribution is 2.25. The second-order valence-corrected chi connectivity index (χ2v) is 4.61. The molecule has 4 nitrogen and oxygen atoms in total. The number of nitriles is 1. The Morgan fingerprint density at radius 3 is 2.95 bits per heavy atom. The molecule has 0 fully saturated rings. The van der Waals surface area contributed by atoms with Crippen molar-refractivity contribution in [1.82, 2.24) is 9.55 Å². The number of nitrogens with zero attached hydrogens (tertiary/aromatic N) is 3. The van der Waals surface area contributed by atoms with Gasteiger partial charge in [0.05, 0.1) is 35.0 Å². The maximum absolute atomic E-state index is 9.35. The number of rotatable bonds is 5. The van der Waals surface area contributed by atoms with Crippen LogP contribution < -0.4 is 5.32 Å². The lowest BCUT2D eigenvalue weighted by atomic mass is 10.2. The average molecular weight is 275 g/mol. The second kappa shape index (κ2) is 6.26. The number of para-hydroxylation sites is 1. The highest BCUT2D eigenvalue weighted by molar-refractivity contribution is 6.33. The molecule has 0 amide bonds. The minimum atomic E-state index is -0.464. The standard InChI is InChI=1S/C14H15ClN4/c1-2-7-19-10-17-9-14(19)13(8-16)18-12-6-4-3-5-11(12)15/h3-6,9-10,13,18H,2,7H2,1H3. The van der Waals surface area contributed by atoms with E-state index < -0.39 is 6.04 Å². The Bertz CT molecular complexity index is 585. The molecule has 1 aromatic carbocycles. The molecule has 0 spiro atoms.